The van der Waals surface area contributed by atoms with Gasteiger partial charge in [0.25, 0.3) is 11.8 Å². The van der Waals surface area contributed by atoms with E-state index >= 15 is 0 Å². The number of nitrogens with one attached hydrogen (secondary N) is 1. The SMILES string of the molecule is CN(C)C(=O)C(O)[C@@H](O)C(=O)Nc1ccc(N2CCOCC2)cc1. The summed E-state index contributed by atoms with van der Waals surface area (Å²) < 4.78 is 5.30. The van der Waals surface area contributed by atoms with Crippen molar-refractivity contribution in [3.05, 3.63) is 24.3 Å². The van der Waals surface area contributed by atoms with E-state index in [2.05, 4.69) is 10.2 Å². The number of anilines is 2. The Hall–Kier alpha value is -2.16. The van der Waals surface area contributed by atoms with Crippen molar-refractivity contribution in [2.75, 3.05) is 50.6 Å². The van der Waals surface area contributed by atoms with Gasteiger partial charge in [-0.25, -0.2) is 0 Å². The maximum atomic E-state index is 11.9. The van der Waals surface area contributed by atoms with Crippen LogP contribution in [0, 0.1) is 0 Å². The van der Waals surface area contributed by atoms with Gasteiger partial charge in [-0.2, -0.15) is 0 Å². The highest BCUT2D eigenvalue weighted by molar-refractivity contribution is 5.98. The monoisotopic (exact) mass is 337 g/mol. The number of hydrogen-bond acceptors (Lipinski definition) is 6. The van der Waals surface area contributed by atoms with E-state index in [9.17, 15) is 19.8 Å². The lowest BCUT2D eigenvalue weighted by atomic mass is 10.1. The molecule has 24 heavy (non-hydrogen) atoms. The van der Waals surface area contributed by atoms with E-state index in [1.807, 2.05) is 12.1 Å². The number of carbonyl (C=O) groups is 2. The quantitative estimate of drug-likeness (QED) is 0.655. The highest BCUT2D eigenvalue weighted by Crippen LogP contribution is 2.19. The summed E-state index contributed by atoms with van der Waals surface area (Å²) in [4.78, 5) is 26.8. The van der Waals surface area contributed by atoms with Gasteiger partial charge in [0.1, 0.15) is 0 Å². The maximum Gasteiger partial charge on any atom is 0.256 e. The van der Waals surface area contributed by atoms with Crippen molar-refractivity contribution in [1.82, 2.24) is 4.90 Å². The van der Waals surface area contributed by atoms with Gasteiger partial charge in [-0.1, -0.05) is 0 Å². The summed E-state index contributed by atoms with van der Waals surface area (Å²) in [6.45, 7) is 2.98. The van der Waals surface area contributed by atoms with Crippen molar-refractivity contribution in [2.24, 2.45) is 0 Å². The Labute approximate surface area is 140 Å². The highest BCUT2D eigenvalue weighted by Gasteiger charge is 2.31. The van der Waals surface area contributed by atoms with Gasteiger partial charge in [0.15, 0.2) is 12.2 Å². The van der Waals surface area contributed by atoms with Gasteiger partial charge in [-0.15, -0.1) is 0 Å². The molecule has 0 aromatic heterocycles. The molecule has 0 aliphatic carbocycles. The molecule has 1 saturated heterocycles. The standard InChI is InChI=1S/C16H23N3O5/c1-18(2)16(23)14(21)13(20)15(22)17-11-3-5-12(6-4-11)19-7-9-24-10-8-19/h3-6,13-14,20-21H,7-10H2,1-2H3,(H,17,22)/t13-,14?/m1/s1. The Morgan fingerprint density at radius 1 is 1.12 bits per heavy atom. The molecule has 8 nitrogen and oxygen atoms in total. The van der Waals surface area contributed by atoms with E-state index in [0.29, 0.717) is 18.9 Å². The summed E-state index contributed by atoms with van der Waals surface area (Å²) in [6, 6.07) is 7.12. The number of aliphatic hydroxyl groups is 2. The first-order chi connectivity index (χ1) is 11.4. The number of aliphatic hydroxyl groups excluding tert-OH is 2. The van der Waals surface area contributed by atoms with Crippen LogP contribution in [-0.4, -0.2) is 79.5 Å². The molecule has 1 unspecified atom stereocenters. The zero-order chi connectivity index (χ0) is 17.7. The van der Waals surface area contributed by atoms with Gasteiger partial charge in [0.05, 0.1) is 13.2 Å². The van der Waals surface area contributed by atoms with Gasteiger partial charge in [0.2, 0.25) is 0 Å². The fourth-order valence-electron chi connectivity index (χ4n) is 2.34. The molecule has 1 fully saturated rings. The lowest BCUT2D eigenvalue weighted by Gasteiger charge is -2.29. The molecule has 132 valence electrons. The Kier molecular flexibility index (Phi) is 6.13. The van der Waals surface area contributed by atoms with Crippen molar-refractivity contribution >= 4 is 23.2 Å². The fourth-order valence-corrected chi connectivity index (χ4v) is 2.34. The van der Waals surface area contributed by atoms with Crippen LogP contribution >= 0.6 is 0 Å². The number of rotatable bonds is 5. The summed E-state index contributed by atoms with van der Waals surface area (Å²) >= 11 is 0. The molecular formula is C16H23N3O5. The topological polar surface area (TPSA) is 102 Å². The first kappa shape index (κ1) is 18.2. The summed E-state index contributed by atoms with van der Waals surface area (Å²) in [5.41, 5.74) is 1.49. The average Bonchev–Trinajstić information content (AvgIpc) is 2.61. The minimum atomic E-state index is -1.83. The summed E-state index contributed by atoms with van der Waals surface area (Å²) in [5.74, 6) is -1.57. The molecule has 0 radical (unpaired) electrons. The number of morpholine rings is 1. The van der Waals surface area contributed by atoms with Gasteiger partial charge in [0, 0.05) is 38.6 Å². The van der Waals surface area contributed by atoms with Crippen LogP contribution in [0.2, 0.25) is 0 Å². The Balaban J connectivity index is 1.95. The van der Waals surface area contributed by atoms with E-state index in [-0.39, 0.29) is 0 Å². The predicted octanol–water partition coefficient (Wildman–Crippen LogP) is -0.728. The second kappa shape index (κ2) is 8.09. The second-order valence-electron chi connectivity index (χ2n) is 5.76. The first-order valence-corrected chi connectivity index (χ1v) is 7.71. The van der Waals surface area contributed by atoms with Crippen LogP contribution in [0.25, 0.3) is 0 Å². The van der Waals surface area contributed by atoms with Gasteiger partial charge in [-0.05, 0) is 24.3 Å². The molecule has 1 aromatic rings. The zero-order valence-corrected chi connectivity index (χ0v) is 13.8. The average molecular weight is 337 g/mol. The van der Waals surface area contributed by atoms with Gasteiger partial charge in [-0.3, -0.25) is 9.59 Å². The molecule has 0 saturated carbocycles. The third kappa shape index (κ3) is 4.44. The second-order valence-corrected chi connectivity index (χ2v) is 5.76. The van der Waals surface area contributed by atoms with Crippen molar-refractivity contribution < 1.29 is 24.5 Å². The largest absolute Gasteiger partial charge is 0.380 e. The molecule has 3 N–H and O–H groups in total. The molecule has 1 heterocycles. The number of carbonyl (C=O) groups excluding carboxylic acids is 2. The molecule has 8 heteroatoms. The van der Waals surface area contributed by atoms with Crippen molar-refractivity contribution in [3.63, 3.8) is 0 Å². The molecule has 2 atom stereocenters. The van der Waals surface area contributed by atoms with Gasteiger partial charge < -0.3 is 30.1 Å². The number of amides is 2. The molecule has 1 aliphatic heterocycles. The van der Waals surface area contributed by atoms with Crippen LogP contribution in [0.1, 0.15) is 0 Å². The minimum Gasteiger partial charge on any atom is -0.380 e. The van der Waals surface area contributed by atoms with E-state index in [1.54, 1.807) is 12.1 Å². The normalized spacial score (nSPS) is 17.1. The molecule has 2 rings (SSSR count). The van der Waals surface area contributed by atoms with Crippen LogP contribution < -0.4 is 10.2 Å². The van der Waals surface area contributed by atoms with E-state index in [4.69, 9.17) is 4.74 Å². The highest BCUT2D eigenvalue weighted by atomic mass is 16.5. The summed E-state index contributed by atoms with van der Waals surface area (Å²) in [5, 5.41) is 22.0. The maximum absolute atomic E-state index is 11.9. The van der Waals surface area contributed by atoms with Crippen LogP contribution in [0.5, 0.6) is 0 Å². The van der Waals surface area contributed by atoms with Crippen molar-refractivity contribution in [3.8, 4) is 0 Å². The molecule has 0 bridgehead atoms. The molecule has 1 aliphatic rings. The number of benzene rings is 1. The third-order valence-electron chi connectivity index (χ3n) is 3.77. The smallest absolute Gasteiger partial charge is 0.256 e. The summed E-state index contributed by atoms with van der Waals surface area (Å²) in [6.07, 6.45) is -3.63. The number of nitrogens with zero attached hydrogens (tertiary/aromatic N) is 2. The fraction of sp³-hybridized carbons (Fsp3) is 0.500. The molecule has 0 spiro atoms. The number of hydrogen-bond donors (Lipinski definition) is 3. The van der Waals surface area contributed by atoms with E-state index < -0.39 is 24.0 Å². The van der Waals surface area contributed by atoms with Crippen LogP contribution in [-0.2, 0) is 14.3 Å². The molecule has 2 amide bonds. The van der Waals surface area contributed by atoms with Crippen LogP contribution in [0.3, 0.4) is 0 Å². The lowest BCUT2D eigenvalue weighted by molar-refractivity contribution is -0.149. The Morgan fingerprint density at radius 3 is 2.25 bits per heavy atom. The zero-order valence-electron chi connectivity index (χ0n) is 13.8. The predicted molar refractivity (Wildman–Crippen MR) is 88.8 cm³/mol. The van der Waals surface area contributed by atoms with Crippen molar-refractivity contribution in [1.29, 1.82) is 0 Å². The summed E-state index contributed by atoms with van der Waals surface area (Å²) in [7, 11) is 2.86. The molecule has 1 aromatic carbocycles. The number of likely N-dealkylation sites (N-methyl/N-ethyl adjacent to an activating group) is 1. The molecular weight excluding hydrogens is 314 g/mol. The first-order valence-electron chi connectivity index (χ1n) is 7.71. The minimum absolute atomic E-state index is 0.473. The van der Waals surface area contributed by atoms with Crippen LogP contribution in [0.4, 0.5) is 11.4 Å². The van der Waals surface area contributed by atoms with E-state index in [1.165, 1.54) is 14.1 Å². The Morgan fingerprint density at radius 2 is 1.71 bits per heavy atom. The number of ether oxygens (including phenoxy) is 1. The van der Waals surface area contributed by atoms with Crippen molar-refractivity contribution in [2.45, 2.75) is 12.2 Å². The Bertz CT molecular complexity index is 570. The third-order valence-corrected chi connectivity index (χ3v) is 3.77. The van der Waals surface area contributed by atoms with Crippen LogP contribution in [0.15, 0.2) is 24.3 Å². The van der Waals surface area contributed by atoms with E-state index in [0.717, 1.165) is 23.7 Å². The lowest BCUT2D eigenvalue weighted by Crippen LogP contribution is -2.47. The van der Waals surface area contributed by atoms with Gasteiger partial charge >= 0.3 is 0 Å².